The number of carbonyl (C=O) groups excluding carboxylic acids is 1. The second kappa shape index (κ2) is 3.10. The van der Waals surface area contributed by atoms with E-state index in [9.17, 15) is 4.79 Å². The van der Waals surface area contributed by atoms with E-state index in [1.54, 1.807) is 6.20 Å². The van der Waals surface area contributed by atoms with Gasteiger partial charge in [-0.2, -0.15) is 0 Å². The lowest BCUT2D eigenvalue weighted by molar-refractivity contribution is 0.101. The minimum absolute atomic E-state index is 0.000463. The minimum atomic E-state index is -0.000463. The predicted molar refractivity (Wildman–Crippen MR) is 57.9 cm³/mol. The van der Waals surface area contributed by atoms with Gasteiger partial charge >= 0.3 is 0 Å². The smallest absolute Gasteiger partial charge is 0.179 e. The van der Waals surface area contributed by atoms with Crippen LogP contribution in [0.1, 0.15) is 17.4 Å². The summed E-state index contributed by atoms with van der Waals surface area (Å²) in [5.41, 5.74) is 1.36. The molecule has 4 heteroatoms. The SMILES string of the molecule is CC(=O)c1cn2cccc(I)c2n1. The van der Waals surface area contributed by atoms with Gasteiger partial charge in [0.1, 0.15) is 5.69 Å². The lowest BCUT2D eigenvalue weighted by Gasteiger charge is -1.92. The molecule has 0 amide bonds. The number of imidazole rings is 1. The van der Waals surface area contributed by atoms with Gasteiger partial charge in [0.25, 0.3) is 0 Å². The molecule has 0 radical (unpaired) electrons. The van der Waals surface area contributed by atoms with Gasteiger partial charge in [-0.3, -0.25) is 4.79 Å². The first kappa shape index (κ1) is 8.68. The highest BCUT2D eigenvalue weighted by molar-refractivity contribution is 14.1. The van der Waals surface area contributed by atoms with Crippen LogP contribution in [-0.2, 0) is 0 Å². The molecule has 0 bridgehead atoms. The molecule has 2 rings (SSSR count). The fourth-order valence-corrected chi connectivity index (χ4v) is 1.76. The maximum absolute atomic E-state index is 11.0. The average Bonchev–Trinajstić information content (AvgIpc) is 2.49. The van der Waals surface area contributed by atoms with Crippen molar-refractivity contribution in [2.24, 2.45) is 0 Å². The molecule has 0 aromatic carbocycles. The molecule has 0 saturated heterocycles. The molecule has 2 aromatic rings. The summed E-state index contributed by atoms with van der Waals surface area (Å²) < 4.78 is 2.91. The summed E-state index contributed by atoms with van der Waals surface area (Å²) >= 11 is 2.20. The van der Waals surface area contributed by atoms with Crippen LogP contribution >= 0.6 is 22.6 Å². The van der Waals surface area contributed by atoms with Crippen molar-refractivity contribution in [3.05, 3.63) is 33.8 Å². The number of aromatic nitrogens is 2. The summed E-state index contributed by atoms with van der Waals surface area (Å²) in [4.78, 5) is 15.3. The molecule has 0 atom stereocenters. The van der Waals surface area contributed by atoms with Crippen molar-refractivity contribution >= 4 is 34.0 Å². The van der Waals surface area contributed by atoms with Gasteiger partial charge in [-0.1, -0.05) is 0 Å². The molecule has 2 heterocycles. The maximum Gasteiger partial charge on any atom is 0.179 e. The Labute approximate surface area is 88.9 Å². The molecule has 0 N–H and O–H groups in total. The van der Waals surface area contributed by atoms with E-state index >= 15 is 0 Å². The highest BCUT2D eigenvalue weighted by Gasteiger charge is 2.06. The molecule has 2 aromatic heterocycles. The summed E-state index contributed by atoms with van der Waals surface area (Å²) in [6.45, 7) is 1.52. The van der Waals surface area contributed by atoms with Gasteiger partial charge < -0.3 is 4.40 Å². The van der Waals surface area contributed by atoms with Crippen LogP contribution in [0, 0.1) is 3.57 Å². The summed E-state index contributed by atoms with van der Waals surface area (Å²) in [7, 11) is 0. The highest BCUT2D eigenvalue weighted by atomic mass is 127. The minimum Gasteiger partial charge on any atom is -0.305 e. The van der Waals surface area contributed by atoms with E-state index in [1.165, 1.54) is 6.92 Å². The molecule has 0 saturated carbocycles. The molecule has 0 aliphatic carbocycles. The molecule has 0 aliphatic rings. The molecule has 13 heavy (non-hydrogen) atoms. The Kier molecular flexibility index (Phi) is 2.07. The van der Waals surface area contributed by atoms with Crippen molar-refractivity contribution < 1.29 is 4.79 Å². The third kappa shape index (κ3) is 1.46. The molecule has 0 spiro atoms. The maximum atomic E-state index is 11.0. The quantitative estimate of drug-likeness (QED) is 0.594. The van der Waals surface area contributed by atoms with E-state index < -0.39 is 0 Å². The number of pyridine rings is 1. The van der Waals surface area contributed by atoms with Crippen molar-refractivity contribution in [3.63, 3.8) is 0 Å². The molecule has 3 nitrogen and oxygen atoms in total. The number of halogens is 1. The zero-order valence-electron chi connectivity index (χ0n) is 6.99. The van der Waals surface area contributed by atoms with Crippen LogP contribution in [0.2, 0.25) is 0 Å². The van der Waals surface area contributed by atoms with Gasteiger partial charge in [-0.15, -0.1) is 0 Å². The Morgan fingerprint density at radius 1 is 1.62 bits per heavy atom. The topological polar surface area (TPSA) is 34.4 Å². The number of Topliss-reactive ketones (excluding diaryl/α,β-unsaturated/α-hetero) is 1. The lowest BCUT2D eigenvalue weighted by atomic mass is 10.3. The standard InChI is InChI=1S/C9H7IN2O/c1-6(13)8-5-12-4-2-3-7(10)9(12)11-8/h2-5H,1H3. The molecular formula is C9H7IN2O. The molecule has 0 unspecified atom stereocenters. The normalized spacial score (nSPS) is 10.6. The van der Waals surface area contributed by atoms with Crippen LogP contribution in [0.3, 0.4) is 0 Å². The van der Waals surface area contributed by atoms with E-state index in [1.807, 2.05) is 22.7 Å². The average molecular weight is 286 g/mol. The van der Waals surface area contributed by atoms with Gasteiger partial charge in [0.05, 0.1) is 3.57 Å². The van der Waals surface area contributed by atoms with E-state index in [0.717, 1.165) is 9.22 Å². The van der Waals surface area contributed by atoms with Gasteiger partial charge in [-0.25, -0.2) is 4.98 Å². The fraction of sp³-hybridized carbons (Fsp3) is 0.111. The Morgan fingerprint density at radius 2 is 2.38 bits per heavy atom. The van der Waals surface area contributed by atoms with Crippen LogP contribution in [0.15, 0.2) is 24.5 Å². The first-order valence-corrected chi connectivity index (χ1v) is 4.90. The highest BCUT2D eigenvalue weighted by Crippen LogP contribution is 2.13. The summed E-state index contributed by atoms with van der Waals surface area (Å²) in [5.74, 6) is -0.000463. The Hall–Kier alpha value is -0.910. The van der Waals surface area contributed by atoms with Gasteiger partial charge in [-0.05, 0) is 34.7 Å². The molecule has 0 fully saturated rings. The first-order valence-electron chi connectivity index (χ1n) is 3.82. The van der Waals surface area contributed by atoms with Crippen molar-refractivity contribution in [1.82, 2.24) is 9.38 Å². The predicted octanol–water partition coefficient (Wildman–Crippen LogP) is 2.14. The molecule has 66 valence electrons. The second-order valence-electron chi connectivity index (χ2n) is 2.77. The van der Waals surface area contributed by atoms with Crippen LogP contribution < -0.4 is 0 Å². The van der Waals surface area contributed by atoms with E-state index in [4.69, 9.17) is 0 Å². The van der Waals surface area contributed by atoms with Gasteiger partial charge in [0.2, 0.25) is 0 Å². The first-order chi connectivity index (χ1) is 6.18. The largest absolute Gasteiger partial charge is 0.305 e. The van der Waals surface area contributed by atoms with Crippen LogP contribution in [-0.4, -0.2) is 15.2 Å². The van der Waals surface area contributed by atoms with Gasteiger partial charge in [0, 0.05) is 19.3 Å². The Balaban J connectivity index is 2.75. The van der Waals surface area contributed by atoms with Crippen LogP contribution in [0.4, 0.5) is 0 Å². The van der Waals surface area contributed by atoms with Gasteiger partial charge in [0.15, 0.2) is 11.4 Å². The lowest BCUT2D eigenvalue weighted by Crippen LogP contribution is -1.90. The molecular weight excluding hydrogens is 279 g/mol. The zero-order valence-corrected chi connectivity index (χ0v) is 9.15. The number of hydrogen-bond acceptors (Lipinski definition) is 2. The number of fused-ring (bicyclic) bond motifs is 1. The Morgan fingerprint density at radius 3 is 3.00 bits per heavy atom. The van der Waals surface area contributed by atoms with E-state index in [0.29, 0.717) is 5.69 Å². The Bertz CT molecular complexity index is 475. The van der Waals surface area contributed by atoms with Crippen molar-refractivity contribution in [1.29, 1.82) is 0 Å². The van der Waals surface area contributed by atoms with E-state index in [-0.39, 0.29) is 5.78 Å². The summed E-state index contributed by atoms with van der Waals surface area (Å²) in [6.07, 6.45) is 3.64. The summed E-state index contributed by atoms with van der Waals surface area (Å²) in [6, 6.07) is 3.90. The number of ketones is 1. The van der Waals surface area contributed by atoms with Crippen LogP contribution in [0.25, 0.3) is 5.65 Å². The number of nitrogens with zero attached hydrogens (tertiary/aromatic N) is 2. The van der Waals surface area contributed by atoms with Crippen molar-refractivity contribution in [2.75, 3.05) is 0 Å². The van der Waals surface area contributed by atoms with Crippen molar-refractivity contribution in [3.8, 4) is 0 Å². The zero-order chi connectivity index (χ0) is 9.42. The number of hydrogen-bond donors (Lipinski definition) is 0. The number of rotatable bonds is 1. The summed E-state index contributed by atoms with van der Waals surface area (Å²) in [5, 5.41) is 0. The monoisotopic (exact) mass is 286 g/mol. The number of carbonyl (C=O) groups is 1. The van der Waals surface area contributed by atoms with Crippen LogP contribution in [0.5, 0.6) is 0 Å². The third-order valence-electron chi connectivity index (χ3n) is 1.80. The second-order valence-corrected chi connectivity index (χ2v) is 3.93. The fourth-order valence-electron chi connectivity index (χ4n) is 1.15. The van der Waals surface area contributed by atoms with Crippen molar-refractivity contribution in [2.45, 2.75) is 6.92 Å². The van der Waals surface area contributed by atoms with E-state index in [2.05, 4.69) is 27.6 Å². The molecule has 0 aliphatic heterocycles. The third-order valence-corrected chi connectivity index (χ3v) is 2.64.